The first-order chi connectivity index (χ1) is 13.2. The number of imidazole rings is 1. The van der Waals surface area contributed by atoms with Crippen molar-refractivity contribution in [2.45, 2.75) is 0 Å². The topological polar surface area (TPSA) is 108 Å². The molecule has 8 nitrogen and oxygen atoms in total. The Bertz CT molecular complexity index is 1170. The molecule has 2 aromatic heterocycles. The highest BCUT2D eigenvalue weighted by molar-refractivity contribution is 5.84. The summed E-state index contributed by atoms with van der Waals surface area (Å²) in [5.74, 6) is 2.87. The highest BCUT2D eigenvalue weighted by Gasteiger charge is 2.19. The van der Waals surface area contributed by atoms with Gasteiger partial charge in [0.1, 0.15) is 30.6 Å². The van der Waals surface area contributed by atoms with Crippen molar-refractivity contribution < 1.29 is 14.6 Å². The van der Waals surface area contributed by atoms with Crippen LogP contribution >= 0.6 is 0 Å². The van der Waals surface area contributed by atoms with Gasteiger partial charge in [-0.1, -0.05) is 0 Å². The van der Waals surface area contributed by atoms with E-state index in [9.17, 15) is 5.11 Å². The predicted octanol–water partition coefficient (Wildman–Crippen LogP) is 2.54. The van der Waals surface area contributed by atoms with Gasteiger partial charge in [-0.25, -0.2) is 9.97 Å². The van der Waals surface area contributed by atoms with Crippen LogP contribution in [0.15, 0.2) is 48.7 Å². The molecule has 0 atom stereocenters. The van der Waals surface area contributed by atoms with Gasteiger partial charge in [-0.2, -0.15) is 4.98 Å². The molecule has 0 amide bonds. The van der Waals surface area contributed by atoms with Gasteiger partial charge in [-0.15, -0.1) is 0 Å². The van der Waals surface area contributed by atoms with Crippen LogP contribution in [0.2, 0.25) is 0 Å². The maximum atomic E-state index is 9.96. The fourth-order valence-electron chi connectivity index (χ4n) is 3.16. The number of ether oxygens (including phenoxy) is 2. The van der Waals surface area contributed by atoms with Gasteiger partial charge < -0.3 is 20.3 Å². The average molecular weight is 361 g/mol. The highest BCUT2D eigenvalue weighted by atomic mass is 16.6. The molecule has 134 valence electrons. The number of aromatic nitrogens is 4. The first kappa shape index (κ1) is 15.4. The second-order valence-electron chi connectivity index (χ2n) is 6.08. The predicted molar refractivity (Wildman–Crippen MR) is 99.2 cm³/mol. The van der Waals surface area contributed by atoms with Gasteiger partial charge in [-0.3, -0.25) is 4.57 Å². The molecular weight excluding hydrogens is 346 g/mol. The minimum atomic E-state index is 0.138. The number of benzene rings is 2. The normalized spacial score (nSPS) is 13.0. The van der Waals surface area contributed by atoms with E-state index in [1.54, 1.807) is 30.5 Å². The third kappa shape index (κ3) is 2.58. The van der Waals surface area contributed by atoms with E-state index < -0.39 is 0 Å². The van der Waals surface area contributed by atoms with Crippen LogP contribution in [0.4, 0.5) is 5.95 Å². The molecule has 1 aliphatic rings. The summed E-state index contributed by atoms with van der Waals surface area (Å²) in [6.07, 6.45) is 1.58. The van der Waals surface area contributed by atoms with E-state index in [4.69, 9.17) is 20.2 Å². The first-order valence-electron chi connectivity index (χ1n) is 8.39. The third-order valence-electron chi connectivity index (χ3n) is 4.33. The molecule has 3 heterocycles. The van der Waals surface area contributed by atoms with E-state index in [0.29, 0.717) is 41.9 Å². The Balaban J connectivity index is 1.78. The van der Waals surface area contributed by atoms with Crippen LogP contribution in [0.3, 0.4) is 0 Å². The van der Waals surface area contributed by atoms with E-state index >= 15 is 0 Å². The number of rotatable bonds is 2. The fraction of sp³-hybridized carbons (Fsp3) is 0.105. The minimum absolute atomic E-state index is 0.138. The van der Waals surface area contributed by atoms with E-state index in [1.165, 1.54) is 0 Å². The van der Waals surface area contributed by atoms with Gasteiger partial charge in [-0.05, 0) is 36.4 Å². The molecule has 0 unspecified atom stereocenters. The number of phenols is 1. The van der Waals surface area contributed by atoms with Crippen LogP contribution in [0.5, 0.6) is 17.2 Å². The Morgan fingerprint density at radius 3 is 2.67 bits per heavy atom. The summed E-state index contributed by atoms with van der Waals surface area (Å²) in [5, 5.41) is 9.96. The molecule has 0 spiro atoms. The number of nitrogens with two attached hydrogens (primary N) is 1. The van der Waals surface area contributed by atoms with Crippen molar-refractivity contribution in [3.63, 3.8) is 0 Å². The molecule has 0 fully saturated rings. The maximum Gasteiger partial charge on any atom is 0.221 e. The number of nitrogen functional groups attached to an aromatic ring is 1. The number of aromatic hydroxyl groups is 1. The summed E-state index contributed by atoms with van der Waals surface area (Å²) < 4.78 is 13.1. The van der Waals surface area contributed by atoms with Crippen molar-refractivity contribution in [1.29, 1.82) is 0 Å². The van der Waals surface area contributed by atoms with Crippen LogP contribution in [-0.4, -0.2) is 37.8 Å². The van der Waals surface area contributed by atoms with Crippen molar-refractivity contribution >= 4 is 17.0 Å². The minimum Gasteiger partial charge on any atom is -0.508 e. The van der Waals surface area contributed by atoms with Gasteiger partial charge in [0.05, 0.1) is 11.0 Å². The Kier molecular flexibility index (Phi) is 3.36. The molecule has 0 radical (unpaired) electrons. The lowest BCUT2D eigenvalue weighted by molar-refractivity contribution is 0.171. The van der Waals surface area contributed by atoms with Crippen LogP contribution in [0.25, 0.3) is 28.2 Å². The lowest BCUT2D eigenvalue weighted by atomic mass is 10.2. The summed E-state index contributed by atoms with van der Waals surface area (Å²) >= 11 is 0. The zero-order chi connectivity index (χ0) is 18.4. The zero-order valence-corrected chi connectivity index (χ0v) is 14.2. The van der Waals surface area contributed by atoms with Crippen molar-refractivity contribution in [3.8, 4) is 34.5 Å². The summed E-state index contributed by atoms with van der Waals surface area (Å²) in [4.78, 5) is 13.0. The van der Waals surface area contributed by atoms with E-state index in [1.807, 2.05) is 22.8 Å². The highest BCUT2D eigenvalue weighted by Crippen LogP contribution is 2.36. The average Bonchev–Trinajstić information content (AvgIpc) is 3.06. The molecule has 1 aliphatic heterocycles. The largest absolute Gasteiger partial charge is 0.508 e. The standard InChI is InChI=1S/C19H15N5O3/c20-19-21-6-5-17(23-19)24-14-10-12(25)2-3-13(14)22-18(24)11-1-4-15-16(9-11)27-8-7-26-15/h1-6,9-10,25H,7-8H2,(H2,20,21,23). The van der Waals surface area contributed by atoms with Crippen molar-refractivity contribution in [3.05, 3.63) is 48.7 Å². The van der Waals surface area contributed by atoms with Crippen LogP contribution in [0, 0.1) is 0 Å². The van der Waals surface area contributed by atoms with Gasteiger partial charge >= 0.3 is 0 Å². The molecule has 0 saturated heterocycles. The molecule has 5 rings (SSSR count). The second-order valence-corrected chi connectivity index (χ2v) is 6.08. The molecule has 3 N–H and O–H groups in total. The molecule has 0 bridgehead atoms. The number of phenolic OH excluding ortho intramolecular Hbond substituents is 1. The van der Waals surface area contributed by atoms with Gasteiger partial charge in [0, 0.05) is 17.8 Å². The van der Waals surface area contributed by atoms with Crippen LogP contribution < -0.4 is 15.2 Å². The summed E-state index contributed by atoms with van der Waals surface area (Å²) in [7, 11) is 0. The molecular formula is C19H15N5O3. The summed E-state index contributed by atoms with van der Waals surface area (Å²) in [6.45, 7) is 1.04. The first-order valence-corrected chi connectivity index (χ1v) is 8.39. The van der Waals surface area contributed by atoms with E-state index in [-0.39, 0.29) is 11.7 Å². The molecule has 27 heavy (non-hydrogen) atoms. The number of nitrogens with zero attached hydrogens (tertiary/aromatic N) is 4. The zero-order valence-electron chi connectivity index (χ0n) is 14.2. The smallest absolute Gasteiger partial charge is 0.221 e. The molecule has 8 heteroatoms. The fourth-order valence-corrected chi connectivity index (χ4v) is 3.16. The lowest BCUT2D eigenvalue weighted by Crippen LogP contribution is -2.15. The SMILES string of the molecule is Nc1nccc(-n2c(-c3ccc4c(c3)OCCO4)nc3ccc(O)cc32)n1. The second kappa shape index (κ2) is 5.87. The van der Waals surface area contributed by atoms with Crippen molar-refractivity contribution in [2.75, 3.05) is 18.9 Å². The number of hydrogen-bond acceptors (Lipinski definition) is 7. The molecule has 0 saturated carbocycles. The molecule has 4 aromatic rings. The summed E-state index contributed by atoms with van der Waals surface area (Å²) in [5.41, 5.74) is 8.03. The Morgan fingerprint density at radius 2 is 1.81 bits per heavy atom. The maximum absolute atomic E-state index is 9.96. The van der Waals surface area contributed by atoms with Gasteiger partial charge in [0.25, 0.3) is 0 Å². The van der Waals surface area contributed by atoms with Crippen molar-refractivity contribution in [2.24, 2.45) is 0 Å². The monoisotopic (exact) mass is 361 g/mol. The number of hydrogen-bond donors (Lipinski definition) is 2. The van der Waals surface area contributed by atoms with Gasteiger partial charge in [0.15, 0.2) is 11.5 Å². The summed E-state index contributed by atoms with van der Waals surface area (Å²) in [6, 6.07) is 12.4. The Morgan fingerprint density at radius 1 is 0.963 bits per heavy atom. The van der Waals surface area contributed by atoms with Crippen LogP contribution in [-0.2, 0) is 0 Å². The lowest BCUT2D eigenvalue weighted by Gasteiger charge is -2.19. The number of anilines is 1. The van der Waals surface area contributed by atoms with E-state index in [0.717, 1.165) is 11.1 Å². The van der Waals surface area contributed by atoms with Gasteiger partial charge in [0.2, 0.25) is 5.95 Å². The third-order valence-corrected chi connectivity index (χ3v) is 4.33. The van der Waals surface area contributed by atoms with Crippen LogP contribution in [0.1, 0.15) is 0 Å². The number of fused-ring (bicyclic) bond motifs is 2. The van der Waals surface area contributed by atoms with Crippen molar-refractivity contribution in [1.82, 2.24) is 19.5 Å². The Labute approximate surface area is 153 Å². The molecule has 0 aliphatic carbocycles. The Hall–Kier alpha value is -3.81. The quantitative estimate of drug-likeness (QED) is 0.565. The molecule has 2 aromatic carbocycles. The van der Waals surface area contributed by atoms with E-state index in [2.05, 4.69) is 9.97 Å².